The fraction of sp³-hybridized carbons (Fsp3) is 0.400. The molecule has 1 atom stereocenters. The van der Waals surface area contributed by atoms with E-state index in [-0.39, 0.29) is 0 Å². The molecule has 1 aliphatic heterocycles. The van der Waals surface area contributed by atoms with Crippen molar-refractivity contribution in [1.82, 2.24) is 0 Å². The normalized spacial score (nSPS) is 26.8. The van der Waals surface area contributed by atoms with Gasteiger partial charge in [-0.15, -0.1) is 0 Å². The molecule has 4 heteroatoms. The summed E-state index contributed by atoms with van der Waals surface area (Å²) in [7, 11) is 0. The zero-order chi connectivity index (χ0) is 10.2. The first-order valence-electron chi connectivity index (χ1n) is 4.37. The van der Waals surface area contributed by atoms with Gasteiger partial charge in [-0.25, -0.2) is 0 Å². The summed E-state index contributed by atoms with van der Waals surface area (Å²) in [5.41, 5.74) is 0.375. The molecule has 1 saturated heterocycles. The van der Waals surface area contributed by atoms with Crippen LogP contribution in [-0.2, 0) is 5.60 Å². The van der Waals surface area contributed by atoms with Crippen molar-refractivity contribution in [2.24, 2.45) is 0 Å². The topological polar surface area (TPSA) is 20.2 Å². The zero-order valence-corrected chi connectivity index (χ0v) is 11.5. The molecule has 1 aliphatic rings. The third kappa shape index (κ3) is 2.18. The highest BCUT2D eigenvalue weighted by Crippen LogP contribution is 2.38. The Labute approximate surface area is 105 Å². The van der Waals surface area contributed by atoms with Crippen molar-refractivity contribution >= 4 is 43.6 Å². The molecule has 0 spiro atoms. The molecule has 1 fully saturated rings. The van der Waals surface area contributed by atoms with E-state index in [1.807, 2.05) is 18.2 Å². The quantitative estimate of drug-likeness (QED) is 0.845. The third-order valence-corrected chi connectivity index (χ3v) is 4.49. The summed E-state index contributed by atoms with van der Waals surface area (Å²) in [6.07, 6.45) is 0.848. The van der Waals surface area contributed by atoms with Crippen LogP contribution in [0, 0.1) is 0 Å². The summed E-state index contributed by atoms with van der Waals surface area (Å²) in [5.74, 6) is 1.84. The van der Waals surface area contributed by atoms with Crippen LogP contribution < -0.4 is 0 Å². The minimum atomic E-state index is -0.628. The van der Waals surface area contributed by atoms with Gasteiger partial charge in [-0.3, -0.25) is 0 Å². The van der Waals surface area contributed by atoms with Gasteiger partial charge in [0.25, 0.3) is 0 Å². The summed E-state index contributed by atoms with van der Waals surface area (Å²) in [6, 6.07) is 5.97. The second-order valence-electron chi connectivity index (χ2n) is 3.49. The first kappa shape index (κ1) is 11.0. The van der Waals surface area contributed by atoms with Crippen LogP contribution in [0.5, 0.6) is 0 Å². The predicted molar refractivity (Wildman–Crippen MR) is 67.7 cm³/mol. The second-order valence-corrected chi connectivity index (χ2v) is 6.43. The van der Waals surface area contributed by atoms with Crippen LogP contribution >= 0.6 is 43.6 Å². The predicted octanol–water partition coefficient (Wildman–Crippen LogP) is 3.54. The highest BCUT2D eigenvalue weighted by atomic mass is 79.9. The molecular weight excluding hydrogens is 328 g/mol. The molecule has 1 aromatic rings. The summed E-state index contributed by atoms with van der Waals surface area (Å²) in [6.45, 7) is 0. The fourth-order valence-electron chi connectivity index (χ4n) is 1.60. The van der Waals surface area contributed by atoms with E-state index in [0.717, 1.165) is 32.4 Å². The van der Waals surface area contributed by atoms with Crippen LogP contribution in [0.3, 0.4) is 0 Å². The molecule has 0 aromatic heterocycles. The number of hydrogen-bond donors (Lipinski definition) is 1. The lowest BCUT2D eigenvalue weighted by Crippen LogP contribution is -2.24. The number of rotatable bonds is 1. The molecule has 0 aliphatic carbocycles. The van der Waals surface area contributed by atoms with Crippen molar-refractivity contribution in [3.63, 3.8) is 0 Å². The Kier molecular flexibility index (Phi) is 3.27. The van der Waals surface area contributed by atoms with Gasteiger partial charge in [0.15, 0.2) is 0 Å². The van der Waals surface area contributed by atoms with Gasteiger partial charge in [-0.05, 0) is 35.9 Å². The molecule has 0 unspecified atom stereocenters. The Hall–Kier alpha value is 0.490. The van der Waals surface area contributed by atoms with E-state index in [1.54, 1.807) is 11.8 Å². The number of aliphatic hydroxyl groups is 1. The van der Waals surface area contributed by atoms with Gasteiger partial charge in [-0.1, -0.05) is 31.9 Å². The molecule has 1 N–H and O–H groups in total. The molecule has 1 aromatic carbocycles. The van der Waals surface area contributed by atoms with Crippen LogP contribution in [-0.4, -0.2) is 16.6 Å². The van der Waals surface area contributed by atoms with Gasteiger partial charge >= 0.3 is 0 Å². The molecule has 0 amide bonds. The highest BCUT2D eigenvalue weighted by molar-refractivity contribution is 9.11. The lowest BCUT2D eigenvalue weighted by molar-refractivity contribution is 0.0656. The summed E-state index contributed by atoms with van der Waals surface area (Å²) in [5, 5.41) is 10.3. The van der Waals surface area contributed by atoms with E-state index in [9.17, 15) is 5.11 Å². The maximum atomic E-state index is 10.3. The Morgan fingerprint density at radius 2 is 1.86 bits per heavy atom. The Balaban J connectivity index is 2.40. The smallest absolute Gasteiger partial charge is 0.0995 e. The lowest BCUT2D eigenvalue weighted by atomic mass is 9.94. The average molecular weight is 338 g/mol. The molecule has 0 saturated carbocycles. The van der Waals surface area contributed by atoms with Crippen LogP contribution in [0.25, 0.3) is 0 Å². The summed E-state index contributed by atoms with van der Waals surface area (Å²) in [4.78, 5) is 0. The van der Waals surface area contributed by atoms with E-state index in [1.165, 1.54) is 0 Å². The Bertz CT molecular complexity index is 328. The third-order valence-electron chi connectivity index (χ3n) is 2.40. The number of halogens is 2. The van der Waals surface area contributed by atoms with Gasteiger partial charge in [0.05, 0.1) is 5.60 Å². The first-order valence-corrected chi connectivity index (χ1v) is 7.11. The largest absolute Gasteiger partial charge is 0.384 e. The van der Waals surface area contributed by atoms with E-state index >= 15 is 0 Å². The van der Waals surface area contributed by atoms with Crippen LogP contribution in [0.15, 0.2) is 27.1 Å². The SMILES string of the molecule is O[C@]1(c2cc(Br)cc(Br)c2)CCSC1. The second kappa shape index (κ2) is 4.16. The average Bonchev–Trinajstić information content (AvgIpc) is 2.52. The minimum Gasteiger partial charge on any atom is -0.384 e. The van der Waals surface area contributed by atoms with Crippen molar-refractivity contribution in [2.45, 2.75) is 12.0 Å². The van der Waals surface area contributed by atoms with Gasteiger partial charge in [0, 0.05) is 14.7 Å². The van der Waals surface area contributed by atoms with Gasteiger partial charge in [0.2, 0.25) is 0 Å². The Morgan fingerprint density at radius 3 is 2.36 bits per heavy atom. The molecule has 14 heavy (non-hydrogen) atoms. The molecular formula is C10H10Br2OS. The zero-order valence-electron chi connectivity index (χ0n) is 7.46. The maximum absolute atomic E-state index is 10.3. The lowest BCUT2D eigenvalue weighted by Gasteiger charge is -2.22. The first-order chi connectivity index (χ1) is 6.60. The number of hydrogen-bond acceptors (Lipinski definition) is 2. The van der Waals surface area contributed by atoms with E-state index in [0.29, 0.717) is 0 Å². The van der Waals surface area contributed by atoms with Gasteiger partial charge < -0.3 is 5.11 Å². The van der Waals surface area contributed by atoms with Crippen molar-refractivity contribution < 1.29 is 5.11 Å². The van der Waals surface area contributed by atoms with Crippen LogP contribution in [0.1, 0.15) is 12.0 Å². The molecule has 2 rings (SSSR count). The fourth-order valence-corrected chi connectivity index (χ4v) is 4.17. The van der Waals surface area contributed by atoms with Crippen LogP contribution in [0.4, 0.5) is 0 Å². The molecule has 76 valence electrons. The number of benzene rings is 1. The molecule has 0 bridgehead atoms. The standard InChI is InChI=1S/C10H10Br2OS/c11-8-3-7(4-9(12)5-8)10(13)1-2-14-6-10/h3-5,13H,1-2,6H2/t10-/m1/s1. The Morgan fingerprint density at radius 1 is 1.21 bits per heavy atom. The monoisotopic (exact) mass is 336 g/mol. The van der Waals surface area contributed by atoms with E-state index < -0.39 is 5.60 Å². The molecule has 0 radical (unpaired) electrons. The van der Waals surface area contributed by atoms with Crippen LogP contribution in [0.2, 0.25) is 0 Å². The molecule has 1 nitrogen and oxygen atoms in total. The summed E-state index contributed by atoms with van der Waals surface area (Å²) < 4.78 is 2.01. The highest BCUT2D eigenvalue weighted by Gasteiger charge is 2.33. The summed E-state index contributed by atoms with van der Waals surface area (Å²) >= 11 is 8.68. The minimum absolute atomic E-state index is 0.628. The maximum Gasteiger partial charge on any atom is 0.0995 e. The van der Waals surface area contributed by atoms with Crippen molar-refractivity contribution in [2.75, 3.05) is 11.5 Å². The number of thioether (sulfide) groups is 1. The van der Waals surface area contributed by atoms with Crippen molar-refractivity contribution in [3.05, 3.63) is 32.7 Å². The van der Waals surface area contributed by atoms with Crippen molar-refractivity contribution in [3.8, 4) is 0 Å². The van der Waals surface area contributed by atoms with Gasteiger partial charge in [0.1, 0.15) is 0 Å². The van der Waals surface area contributed by atoms with E-state index in [2.05, 4.69) is 31.9 Å². The van der Waals surface area contributed by atoms with Gasteiger partial charge in [-0.2, -0.15) is 11.8 Å². The molecule has 1 heterocycles. The van der Waals surface area contributed by atoms with E-state index in [4.69, 9.17) is 0 Å². The van der Waals surface area contributed by atoms with Crippen molar-refractivity contribution in [1.29, 1.82) is 0 Å².